The predicted molar refractivity (Wildman–Crippen MR) is 124 cm³/mol. The number of nitrogens with zero attached hydrogens (tertiary/aromatic N) is 1. The van der Waals surface area contributed by atoms with Crippen LogP contribution >= 0.6 is 11.3 Å². The van der Waals surface area contributed by atoms with Gasteiger partial charge in [0.25, 0.3) is 5.92 Å². The smallest absolute Gasteiger partial charge is 0.404 e. The molecule has 4 N–H and O–H groups in total. The number of nitrogens with one attached hydrogen (secondary N) is 1. The lowest BCUT2D eigenvalue weighted by Gasteiger charge is -2.26. The van der Waals surface area contributed by atoms with Gasteiger partial charge in [0.15, 0.2) is 9.84 Å². The highest BCUT2D eigenvalue weighted by Gasteiger charge is 2.39. The van der Waals surface area contributed by atoms with Crippen molar-refractivity contribution in [3.05, 3.63) is 29.4 Å². The fourth-order valence-electron chi connectivity index (χ4n) is 4.11. The zero-order valence-corrected chi connectivity index (χ0v) is 20.0. The molecule has 4 rings (SSSR count). The summed E-state index contributed by atoms with van der Waals surface area (Å²) in [5.74, 6) is -3.14. The molecule has 0 spiro atoms. The minimum absolute atomic E-state index is 0.0982. The largest absolute Gasteiger partial charge is 0.446 e. The Morgan fingerprint density at radius 3 is 2.56 bits per heavy atom. The van der Waals surface area contributed by atoms with Crippen LogP contribution in [0.4, 0.5) is 19.3 Å². The van der Waals surface area contributed by atoms with E-state index < -0.39 is 40.3 Å². The van der Waals surface area contributed by atoms with Crippen molar-refractivity contribution in [2.24, 2.45) is 5.73 Å². The number of anilines is 1. The van der Waals surface area contributed by atoms with Gasteiger partial charge in [-0.05, 0) is 50.7 Å². The average molecular weight is 516 g/mol. The van der Waals surface area contributed by atoms with Gasteiger partial charge in [-0.15, -0.1) is 11.3 Å². The number of hydrogen-bond acceptors (Lipinski definition) is 8. The van der Waals surface area contributed by atoms with Crippen LogP contribution in [0.5, 0.6) is 0 Å². The summed E-state index contributed by atoms with van der Waals surface area (Å²) in [6.45, 7) is -2.11. The van der Waals surface area contributed by atoms with E-state index in [1.165, 1.54) is 17.4 Å². The van der Waals surface area contributed by atoms with E-state index in [-0.39, 0.29) is 22.6 Å². The van der Waals surface area contributed by atoms with E-state index in [4.69, 9.17) is 15.6 Å². The van der Waals surface area contributed by atoms with Crippen LogP contribution in [0.2, 0.25) is 0 Å². The third-order valence-corrected chi connectivity index (χ3v) is 9.62. The third kappa shape index (κ3) is 5.66. The number of primary amides is 1. The quantitative estimate of drug-likeness (QED) is 0.461. The Hall–Kier alpha value is -2.31. The molecule has 2 aliphatic rings. The molecule has 2 saturated carbocycles. The number of alkyl halides is 2. The summed E-state index contributed by atoms with van der Waals surface area (Å²) in [4.78, 5) is 16.3. The third-order valence-electron chi connectivity index (χ3n) is 6.13. The van der Waals surface area contributed by atoms with Crippen LogP contribution in [-0.2, 0) is 14.6 Å². The fourth-order valence-corrected chi connectivity index (χ4v) is 7.19. The molecule has 2 fully saturated rings. The van der Waals surface area contributed by atoms with Crippen molar-refractivity contribution in [3.8, 4) is 10.4 Å². The molecule has 12 heteroatoms. The van der Waals surface area contributed by atoms with Crippen molar-refractivity contribution in [2.45, 2.75) is 66.6 Å². The van der Waals surface area contributed by atoms with Gasteiger partial charge < -0.3 is 20.9 Å². The van der Waals surface area contributed by atoms with Crippen LogP contribution in [0.25, 0.3) is 10.4 Å². The number of carbonyl (C=O) groups excluding carboxylic acids is 1. The molecule has 0 saturated heterocycles. The van der Waals surface area contributed by atoms with Crippen LogP contribution in [0, 0.1) is 0 Å². The molecular formula is C22H27F2N3O5S2. The van der Waals surface area contributed by atoms with Crippen LogP contribution in [0.1, 0.15) is 49.5 Å². The lowest BCUT2D eigenvalue weighted by molar-refractivity contribution is -0.0372. The van der Waals surface area contributed by atoms with Gasteiger partial charge >= 0.3 is 6.09 Å². The molecular weight excluding hydrogens is 488 g/mol. The maximum absolute atomic E-state index is 13.5. The van der Waals surface area contributed by atoms with Crippen LogP contribution < -0.4 is 11.1 Å². The van der Waals surface area contributed by atoms with Crippen LogP contribution in [0.15, 0.2) is 29.3 Å². The van der Waals surface area contributed by atoms with Crippen LogP contribution in [0.3, 0.4) is 0 Å². The highest BCUT2D eigenvalue weighted by molar-refractivity contribution is 7.92. The Morgan fingerprint density at radius 1 is 1.24 bits per heavy atom. The van der Waals surface area contributed by atoms with Gasteiger partial charge in [-0.2, -0.15) is 0 Å². The lowest BCUT2D eigenvalue weighted by Crippen LogP contribution is -2.31. The first-order valence-electron chi connectivity index (χ1n) is 11.1. The van der Waals surface area contributed by atoms with Gasteiger partial charge in [0.1, 0.15) is 12.7 Å². The Kier molecular flexibility index (Phi) is 7.11. The molecule has 0 aliphatic heterocycles. The number of rotatable bonds is 9. The monoisotopic (exact) mass is 515 g/mol. The highest BCUT2D eigenvalue weighted by atomic mass is 32.2. The van der Waals surface area contributed by atoms with E-state index in [1.807, 2.05) is 0 Å². The normalized spacial score (nSPS) is 21.3. The maximum atomic E-state index is 13.5. The van der Waals surface area contributed by atoms with Crippen molar-refractivity contribution in [3.63, 3.8) is 0 Å². The van der Waals surface area contributed by atoms with Gasteiger partial charge in [-0.1, -0.05) is 6.07 Å². The average Bonchev–Trinajstić information content (AvgIpc) is 3.56. The number of benzene rings is 1. The number of amides is 1. The number of halogens is 2. The maximum Gasteiger partial charge on any atom is 0.404 e. The molecule has 186 valence electrons. The minimum atomic E-state index is -3.62. The molecule has 1 aromatic heterocycles. The molecule has 1 heterocycles. The number of sulfone groups is 1. The van der Waals surface area contributed by atoms with Crippen molar-refractivity contribution in [1.29, 1.82) is 0 Å². The molecule has 1 aromatic carbocycles. The summed E-state index contributed by atoms with van der Waals surface area (Å²) in [7, 11) is -3.62. The zero-order valence-electron chi connectivity index (χ0n) is 18.4. The SMILES string of the molecule is NC(=O)OC1CCC(c2ncc(-c3ccc(NCC(F)(F)CO)cc3S(=O)(=O)C3CC3)s2)CC1. The number of hydrogen-bond donors (Lipinski definition) is 3. The molecule has 0 bridgehead atoms. The van der Waals surface area contributed by atoms with Gasteiger partial charge in [0.2, 0.25) is 0 Å². The first-order valence-corrected chi connectivity index (χ1v) is 13.5. The summed E-state index contributed by atoms with van der Waals surface area (Å²) in [6.07, 6.45) is 4.76. The van der Waals surface area contributed by atoms with E-state index in [2.05, 4.69) is 10.3 Å². The number of aliphatic hydroxyl groups excluding tert-OH is 1. The van der Waals surface area contributed by atoms with Gasteiger partial charge in [-0.3, -0.25) is 0 Å². The minimum Gasteiger partial charge on any atom is -0.446 e. The second-order valence-electron chi connectivity index (χ2n) is 8.80. The van der Waals surface area contributed by atoms with Gasteiger partial charge in [0, 0.05) is 23.4 Å². The van der Waals surface area contributed by atoms with Gasteiger partial charge in [-0.25, -0.2) is 27.0 Å². The Bertz CT molecular complexity index is 1140. The zero-order chi connectivity index (χ0) is 24.5. The molecule has 2 aromatic rings. The van der Waals surface area contributed by atoms with E-state index >= 15 is 0 Å². The van der Waals surface area contributed by atoms with Crippen molar-refractivity contribution in [2.75, 3.05) is 18.5 Å². The molecule has 34 heavy (non-hydrogen) atoms. The molecule has 0 atom stereocenters. The Labute approximate surface area is 200 Å². The first-order chi connectivity index (χ1) is 16.1. The summed E-state index contributed by atoms with van der Waals surface area (Å²) in [6, 6.07) is 4.56. The molecule has 8 nitrogen and oxygen atoms in total. The highest BCUT2D eigenvalue weighted by Crippen LogP contribution is 2.43. The Balaban J connectivity index is 1.57. The number of nitrogens with two attached hydrogens (primary N) is 1. The van der Waals surface area contributed by atoms with E-state index in [0.717, 1.165) is 17.8 Å². The number of thiazole rings is 1. The molecule has 0 unspecified atom stereocenters. The second-order valence-corrected chi connectivity index (χ2v) is 12.1. The first kappa shape index (κ1) is 24.8. The number of aliphatic hydroxyl groups is 1. The van der Waals surface area contributed by atoms with E-state index in [9.17, 15) is 22.0 Å². The van der Waals surface area contributed by atoms with E-state index in [0.29, 0.717) is 36.1 Å². The Morgan fingerprint density at radius 2 is 1.94 bits per heavy atom. The lowest BCUT2D eigenvalue weighted by atomic mass is 9.88. The topological polar surface area (TPSA) is 132 Å². The summed E-state index contributed by atoms with van der Waals surface area (Å²) >= 11 is 1.42. The summed E-state index contributed by atoms with van der Waals surface area (Å²) < 4.78 is 58.3. The standard InChI is InChI=1S/C22H27F2N3O5S2/c23-22(24,12-28)11-27-14-3-8-17(19(9-14)34(30,31)16-6-7-16)18-10-26-20(33-18)13-1-4-15(5-2-13)32-21(25)29/h3,8-10,13,15-16,27-28H,1-2,4-7,11-12H2,(H2,25,29). The van der Waals surface area contributed by atoms with E-state index in [1.54, 1.807) is 18.3 Å². The molecule has 2 aliphatic carbocycles. The summed E-state index contributed by atoms with van der Waals surface area (Å²) in [5, 5.41) is 11.7. The number of aromatic nitrogens is 1. The van der Waals surface area contributed by atoms with Crippen molar-refractivity contribution >= 4 is 33.0 Å². The summed E-state index contributed by atoms with van der Waals surface area (Å²) in [5.41, 5.74) is 5.84. The molecule has 1 amide bonds. The molecule has 0 radical (unpaired) electrons. The number of ether oxygens (including phenoxy) is 1. The predicted octanol–water partition coefficient (Wildman–Crippen LogP) is 3.91. The second kappa shape index (κ2) is 9.74. The van der Waals surface area contributed by atoms with Crippen molar-refractivity contribution in [1.82, 2.24) is 4.98 Å². The van der Waals surface area contributed by atoms with Gasteiger partial charge in [0.05, 0.1) is 26.6 Å². The van der Waals surface area contributed by atoms with Crippen LogP contribution in [-0.4, -0.2) is 55.0 Å². The van der Waals surface area contributed by atoms with Crippen molar-refractivity contribution < 1.29 is 31.8 Å². The fraction of sp³-hybridized carbons (Fsp3) is 0.545. The number of carbonyl (C=O) groups is 1.